The average Bonchev–Trinajstić information content (AvgIpc) is 3.10. The second-order valence-electron chi connectivity index (χ2n) is 5.68. The summed E-state index contributed by atoms with van der Waals surface area (Å²) in [6.45, 7) is 4.11. The van der Waals surface area contributed by atoms with Gasteiger partial charge in [0, 0.05) is 5.69 Å². The largest absolute Gasteiger partial charge is 0.496 e. The predicted octanol–water partition coefficient (Wildman–Crippen LogP) is 4.88. The van der Waals surface area contributed by atoms with Gasteiger partial charge in [-0.05, 0) is 37.1 Å². The third-order valence-corrected chi connectivity index (χ3v) is 5.83. The number of methoxy groups -OCH3 is 1. The molecule has 134 valence electrons. The quantitative estimate of drug-likeness (QED) is 0.462. The number of thioether (sulfide) groups is 1. The molecule has 1 N–H and O–H groups in total. The Morgan fingerprint density at radius 1 is 1.12 bits per heavy atom. The Labute approximate surface area is 160 Å². The van der Waals surface area contributed by atoms with Crippen molar-refractivity contribution in [1.82, 2.24) is 10.2 Å². The molecular weight excluding hydrogens is 366 g/mol. The van der Waals surface area contributed by atoms with Crippen LogP contribution in [0.25, 0.3) is 0 Å². The molecule has 0 atom stereocenters. The summed E-state index contributed by atoms with van der Waals surface area (Å²) in [4.78, 5) is 12.4. The van der Waals surface area contributed by atoms with Gasteiger partial charge in [-0.25, -0.2) is 0 Å². The number of aromatic nitrogens is 2. The van der Waals surface area contributed by atoms with Crippen molar-refractivity contribution in [3.05, 3.63) is 59.2 Å². The van der Waals surface area contributed by atoms with Crippen molar-refractivity contribution in [3.8, 4) is 5.75 Å². The van der Waals surface area contributed by atoms with Gasteiger partial charge in [0.2, 0.25) is 5.13 Å². The Balaban J connectivity index is 1.65. The lowest BCUT2D eigenvalue weighted by molar-refractivity contribution is 0.101. The summed E-state index contributed by atoms with van der Waals surface area (Å²) in [5.74, 6) is 0.887. The number of anilines is 2. The van der Waals surface area contributed by atoms with E-state index in [0.29, 0.717) is 17.1 Å². The maximum Gasteiger partial charge on any atom is 0.210 e. The molecule has 0 radical (unpaired) electrons. The molecule has 0 aliphatic rings. The van der Waals surface area contributed by atoms with Crippen LogP contribution in [0.3, 0.4) is 0 Å². The lowest BCUT2D eigenvalue weighted by Crippen LogP contribution is -2.04. The standard InChI is InChI=1S/C19H19N3O2S2/c1-12-7-6-8-13(2)17(12)20-18-21-22-19(26-18)25-11-15(23)14-9-4-5-10-16(14)24-3/h4-10H,11H2,1-3H3,(H,20,21). The first-order valence-electron chi connectivity index (χ1n) is 8.04. The number of rotatable bonds is 7. The Morgan fingerprint density at radius 2 is 1.85 bits per heavy atom. The first kappa shape index (κ1) is 18.4. The van der Waals surface area contributed by atoms with Crippen LogP contribution >= 0.6 is 23.1 Å². The van der Waals surface area contributed by atoms with Crippen LogP contribution in [0, 0.1) is 13.8 Å². The molecule has 2 aromatic carbocycles. The van der Waals surface area contributed by atoms with E-state index >= 15 is 0 Å². The highest BCUT2D eigenvalue weighted by Gasteiger charge is 2.14. The van der Waals surface area contributed by atoms with Crippen LogP contribution in [0.4, 0.5) is 10.8 Å². The molecule has 5 nitrogen and oxygen atoms in total. The third kappa shape index (κ3) is 4.23. The van der Waals surface area contributed by atoms with Crippen molar-refractivity contribution in [2.24, 2.45) is 0 Å². The fourth-order valence-corrected chi connectivity index (χ4v) is 4.16. The minimum Gasteiger partial charge on any atom is -0.496 e. The van der Waals surface area contributed by atoms with Crippen molar-refractivity contribution in [3.63, 3.8) is 0 Å². The van der Waals surface area contributed by atoms with Gasteiger partial charge in [-0.2, -0.15) is 0 Å². The van der Waals surface area contributed by atoms with Gasteiger partial charge in [-0.3, -0.25) is 4.79 Å². The monoisotopic (exact) mass is 385 g/mol. The molecule has 0 aliphatic heterocycles. The molecule has 0 saturated carbocycles. The molecule has 0 fully saturated rings. The van der Waals surface area contributed by atoms with Gasteiger partial charge in [0.25, 0.3) is 0 Å². The van der Waals surface area contributed by atoms with E-state index in [2.05, 4.69) is 41.5 Å². The van der Waals surface area contributed by atoms with Gasteiger partial charge < -0.3 is 10.1 Å². The van der Waals surface area contributed by atoms with Gasteiger partial charge in [0.15, 0.2) is 10.1 Å². The van der Waals surface area contributed by atoms with Crippen LogP contribution in [-0.2, 0) is 0 Å². The second kappa shape index (κ2) is 8.33. The molecule has 0 bridgehead atoms. The maximum atomic E-state index is 12.4. The van der Waals surface area contributed by atoms with Gasteiger partial charge in [-0.1, -0.05) is 53.4 Å². The molecule has 3 rings (SSSR count). The highest BCUT2D eigenvalue weighted by Crippen LogP contribution is 2.31. The van der Waals surface area contributed by atoms with Crippen LogP contribution in [0.2, 0.25) is 0 Å². The minimum absolute atomic E-state index is 0.00640. The summed E-state index contributed by atoms with van der Waals surface area (Å²) >= 11 is 2.82. The maximum absolute atomic E-state index is 12.4. The number of ether oxygens (including phenoxy) is 1. The Morgan fingerprint density at radius 3 is 2.58 bits per heavy atom. The number of ketones is 1. The van der Waals surface area contributed by atoms with Crippen molar-refractivity contribution in [2.75, 3.05) is 18.2 Å². The molecule has 0 saturated heterocycles. The molecule has 26 heavy (non-hydrogen) atoms. The number of para-hydroxylation sites is 2. The Bertz CT molecular complexity index is 904. The van der Waals surface area contributed by atoms with Gasteiger partial charge in [0.1, 0.15) is 5.75 Å². The Kier molecular flexibility index (Phi) is 5.90. The number of carbonyl (C=O) groups excluding carboxylic acids is 1. The zero-order valence-electron chi connectivity index (χ0n) is 14.8. The molecule has 0 spiro atoms. The molecule has 1 aromatic heterocycles. The summed E-state index contributed by atoms with van der Waals surface area (Å²) < 4.78 is 6.00. The lowest BCUT2D eigenvalue weighted by Gasteiger charge is -2.09. The molecular formula is C19H19N3O2S2. The van der Waals surface area contributed by atoms with Crippen LogP contribution in [0.15, 0.2) is 46.8 Å². The predicted molar refractivity (Wildman–Crippen MR) is 107 cm³/mol. The van der Waals surface area contributed by atoms with Gasteiger partial charge in [0.05, 0.1) is 18.4 Å². The summed E-state index contributed by atoms with van der Waals surface area (Å²) in [6, 6.07) is 13.4. The summed E-state index contributed by atoms with van der Waals surface area (Å²) in [5, 5.41) is 12.4. The molecule has 1 heterocycles. The van der Waals surface area contributed by atoms with Crippen LogP contribution in [-0.4, -0.2) is 28.8 Å². The lowest BCUT2D eigenvalue weighted by atomic mass is 10.1. The number of hydrogen-bond acceptors (Lipinski definition) is 7. The van der Waals surface area contributed by atoms with E-state index in [0.717, 1.165) is 26.3 Å². The van der Waals surface area contributed by atoms with E-state index in [1.54, 1.807) is 19.2 Å². The number of hydrogen-bond donors (Lipinski definition) is 1. The zero-order chi connectivity index (χ0) is 18.5. The minimum atomic E-state index is 0.00640. The topological polar surface area (TPSA) is 64.1 Å². The first-order valence-corrected chi connectivity index (χ1v) is 9.84. The van der Waals surface area contributed by atoms with E-state index in [4.69, 9.17) is 4.74 Å². The summed E-state index contributed by atoms with van der Waals surface area (Å²) in [6.07, 6.45) is 0. The number of aryl methyl sites for hydroxylation is 2. The average molecular weight is 386 g/mol. The number of nitrogens with one attached hydrogen (secondary N) is 1. The van der Waals surface area contributed by atoms with Gasteiger partial charge >= 0.3 is 0 Å². The first-order chi connectivity index (χ1) is 12.6. The highest BCUT2D eigenvalue weighted by atomic mass is 32.2. The molecule has 7 heteroatoms. The number of nitrogens with zero attached hydrogens (tertiary/aromatic N) is 2. The SMILES string of the molecule is COc1ccccc1C(=O)CSc1nnc(Nc2c(C)cccc2C)s1. The number of Topliss-reactive ketones (excluding diaryl/α,β-unsaturated/α-hetero) is 1. The van der Waals surface area contributed by atoms with E-state index in [9.17, 15) is 4.79 Å². The molecule has 3 aromatic rings. The van der Waals surface area contributed by atoms with Crippen molar-refractivity contribution in [2.45, 2.75) is 18.2 Å². The second-order valence-corrected chi connectivity index (χ2v) is 7.88. The zero-order valence-corrected chi connectivity index (χ0v) is 16.4. The number of benzene rings is 2. The normalized spacial score (nSPS) is 10.6. The summed E-state index contributed by atoms with van der Waals surface area (Å²) in [7, 11) is 1.56. The fourth-order valence-electron chi connectivity index (χ4n) is 2.52. The molecule has 0 aliphatic carbocycles. The van der Waals surface area contributed by atoms with Crippen LogP contribution in [0.5, 0.6) is 5.75 Å². The molecule has 0 unspecified atom stereocenters. The highest BCUT2D eigenvalue weighted by molar-refractivity contribution is 8.01. The molecule has 0 amide bonds. The van der Waals surface area contributed by atoms with E-state index in [1.165, 1.54) is 23.1 Å². The van der Waals surface area contributed by atoms with Crippen LogP contribution < -0.4 is 10.1 Å². The smallest absolute Gasteiger partial charge is 0.210 e. The van der Waals surface area contributed by atoms with Crippen molar-refractivity contribution < 1.29 is 9.53 Å². The van der Waals surface area contributed by atoms with Gasteiger partial charge in [-0.15, -0.1) is 10.2 Å². The third-order valence-electron chi connectivity index (χ3n) is 3.85. The summed E-state index contributed by atoms with van der Waals surface area (Å²) in [5.41, 5.74) is 3.94. The number of carbonyl (C=O) groups is 1. The Hall–Kier alpha value is -2.38. The van der Waals surface area contributed by atoms with Crippen molar-refractivity contribution >= 4 is 39.7 Å². The van der Waals surface area contributed by atoms with Crippen molar-refractivity contribution in [1.29, 1.82) is 0 Å². The van der Waals surface area contributed by atoms with E-state index in [-0.39, 0.29) is 5.78 Å². The van der Waals surface area contributed by atoms with E-state index < -0.39 is 0 Å². The van der Waals surface area contributed by atoms with E-state index in [1.807, 2.05) is 18.2 Å². The fraction of sp³-hybridized carbons (Fsp3) is 0.211. The van der Waals surface area contributed by atoms with Crippen LogP contribution in [0.1, 0.15) is 21.5 Å².